The highest BCUT2D eigenvalue weighted by Gasteiger charge is 2.03. The molecule has 0 aliphatic rings. The van der Waals surface area contributed by atoms with Crippen molar-refractivity contribution < 1.29 is 0 Å². The molecule has 0 spiro atoms. The molecule has 3 nitrogen and oxygen atoms in total. The molecule has 2 N–H and O–H groups in total. The number of rotatable bonds is 7. The fourth-order valence-electron chi connectivity index (χ4n) is 1.71. The molecule has 1 aromatic rings. The highest BCUT2D eigenvalue weighted by atomic mass is 14.9. The molecule has 1 rings (SSSR count). The summed E-state index contributed by atoms with van der Waals surface area (Å²) in [7, 11) is 1.94. The van der Waals surface area contributed by atoms with Crippen molar-refractivity contribution in [1.82, 2.24) is 10.3 Å². The zero-order valence-electron chi connectivity index (χ0n) is 10.6. The minimum absolute atomic E-state index is 0.765. The maximum atomic E-state index is 4.29. The van der Waals surface area contributed by atoms with Crippen LogP contribution in [0, 0.1) is 5.92 Å². The molecule has 0 bridgehead atoms. The lowest BCUT2D eigenvalue weighted by molar-refractivity contribution is 0.519. The van der Waals surface area contributed by atoms with Crippen LogP contribution in [-0.4, -0.2) is 18.6 Å². The van der Waals surface area contributed by atoms with Gasteiger partial charge < -0.3 is 10.6 Å². The Bertz CT molecular complexity index is 295. The van der Waals surface area contributed by atoms with Crippen molar-refractivity contribution in [1.29, 1.82) is 0 Å². The molecule has 0 saturated carbocycles. The number of anilines is 1. The van der Waals surface area contributed by atoms with E-state index in [4.69, 9.17) is 0 Å². The van der Waals surface area contributed by atoms with E-state index >= 15 is 0 Å². The number of hydrogen-bond donors (Lipinski definition) is 2. The highest BCUT2D eigenvalue weighted by molar-refractivity contribution is 5.43. The van der Waals surface area contributed by atoms with Crippen LogP contribution in [0.2, 0.25) is 0 Å². The van der Waals surface area contributed by atoms with Crippen LogP contribution in [0.15, 0.2) is 18.3 Å². The van der Waals surface area contributed by atoms with Gasteiger partial charge in [0.15, 0.2) is 0 Å². The van der Waals surface area contributed by atoms with Gasteiger partial charge in [0.1, 0.15) is 0 Å². The van der Waals surface area contributed by atoms with Crippen molar-refractivity contribution in [2.45, 2.75) is 33.2 Å². The summed E-state index contributed by atoms with van der Waals surface area (Å²) in [6.45, 7) is 6.36. The third kappa shape index (κ3) is 4.19. The molecule has 0 fully saturated rings. The van der Waals surface area contributed by atoms with Crippen LogP contribution in [0.5, 0.6) is 0 Å². The smallest absolute Gasteiger partial charge is 0.0562 e. The molecule has 0 saturated heterocycles. The molecule has 0 aliphatic carbocycles. The molecular weight excluding hydrogens is 198 g/mol. The summed E-state index contributed by atoms with van der Waals surface area (Å²) in [6.07, 6.45) is 4.33. The van der Waals surface area contributed by atoms with E-state index in [9.17, 15) is 0 Å². The molecule has 0 aliphatic heterocycles. The summed E-state index contributed by atoms with van der Waals surface area (Å²) in [5, 5.41) is 6.59. The Morgan fingerprint density at radius 3 is 2.69 bits per heavy atom. The van der Waals surface area contributed by atoms with Crippen molar-refractivity contribution in [3.63, 3.8) is 0 Å². The first kappa shape index (κ1) is 13.0. The van der Waals surface area contributed by atoms with Crippen LogP contribution >= 0.6 is 0 Å². The van der Waals surface area contributed by atoms with Crippen LogP contribution in [0.1, 0.15) is 32.4 Å². The van der Waals surface area contributed by atoms with Crippen molar-refractivity contribution in [3.8, 4) is 0 Å². The fourth-order valence-corrected chi connectivity index (χ4v) is 1.71. The van der Waals surface area contributed by atoms with Gasteiger partial charge >= 0.3 is 0 Å². The average molecular weight is 221 g/mol. The van der Waals surface area contributed by atoms with Gasteiger partial charge in [0.2, 0.25) is 0 Å². The van der Waals surface area contributed by atoms with Crippen LogP contribution in [0.3, 0.4) is 0 Å². The molecule has 90 valence electrons. The van der Waals surface area contributed by atoms with E-state index in [2.05, 4.69) is 35.5 Å². The Hall–Kier alpha value is -1.09. The second-order valence-electron chi connectivity index (χ2n) is 4.13. The van der Waals surface area contributed by atoms with Gasteiger partial charge in [-0.25, -0.2) is 0 Å². The third-order valence-corrected chi connectivity index (χ3v) is 2.92. The Kier molecular flexibility index (Phi) is 5.86. The van der Waals surface area contributed by atoms with E-state index in [1.54, 1.807) is 0 Å². The topological polar surface area (TPSA) is 37.0 Å². The van der Waals surface area contributed by atoms with Crippen molar-refractivity contribution in [3.05, 3.63) is 24.0 Å². The van der Waals surface area contributed by atoms with Crippen molar-refractivity contribution in [2.24, 2.45) is 5.92 Å². The fraction of sp³-hybridized carbons (Fsp3) is 0.615. The second-order valence-corrected chi connectivity index (χ2v) is 4.13. The molecule has 1 aromatic heterocycles. The quantitative estimate of drug-likeness (QED) is 0.743. The SMILES string of the molecule is CCC(CC)CNc1ccnc(CNC)c1. The second kappa shape index (κ2) is 7.23. The summed E-state index contributed by atoms with van der Waals surface area (Å²) < 4.78 is 0. The van der Waals surface area contributed by atoms with Gasteiger partial charge in [0, 0.05) is 25.0 Å². The van der Waals surface area contributed by atoms with E-state index in [0.717, 1.165) is 24.7 Å². The van der Waals surface area contributed by atoms with Gasteiger partial charge in [-0.2, -0.15) is 0 Å². The molecule has 0 atom stereocenters. The van der Waals surface area contributed by atoms with E-state index in [1.165, 1.54) is 18.5 Å². The van der Waals surface area contributed by atoms with Gasteiger partial charge in [-0.05, 0) is 25.1 Å². The van der Waals surface area contributed by atoms with E-state index in [1.807, 2.05) is 19.3 Å². The predicted molar refractivity (Wildman–Crippen MR) is 69.6 cm³/mol. The van der Waals surface area contributed by atoms with Gasteiger partial charge in [-0.15, -0.1) is 0 Å². The third-order valence-electron chi connectivity index (χ3n) is 2.92. The minimum Gasteiger partial charge on any atom is -0.385 e. The lowest BCUT2D eigenvalue weighted by Gasteiger charge is -2.14. The summed E-state index contributed by atoms with van der Waals surface area (Å²) in [6, 6.07) is 4.14. The minimum atomic E-state index is 0.765. The first-order chi connectivity index (χ1) is 7.80. The molecule has 3 heteroatoms. The molecular formula is C13H23N3. The van der Waals surface area contributed by atoms with E-state index in [-0.39, 0.29) is 0 Å². The monoisotopic (exact) mass is 221 g/mol. The number of nitrogens with zero attached hydrogens (tertiary/aromatic N) is 1. The Morgan fingerprint density at radius 1 is 1.31 bits per heavy atom. The zero-order valence-corrected chi connectivity index (χ0v) is 10.6. The maximum Gasteiger partial charge on any atom is 0.0562 e. The van der Waals surface area contributed by atoms with Crippen molar-refractivity contribution >= 4 is 5.69 Å². The Labute approximate surface area is 98.7 Å². The molecule has 0 aromatic carbocycles. The summed E-state index contributed by atoms with van der Waals surface area (Å²) >= 11 is 0. The predicted octanol–water partition coefficient (Wildman–Crippen LogP) is 2.65. The largest absolute Gasteiger partial charge is 0.385 e. The molecule has 16 heavy (non-hydrogen) atoms. The van der Waals surface area contributed by atoms with Crippen molar-refractivity contribution in [2.75, 3.05) is 18.9 Å². The Balaban J connectivity index is 2.49. The maximum absolute atomic E-state index is 4.29. The van der Waals surface area contributed by atoms with Gasteiger partial charge in [0.05, 0.1) is 5.69 Å². The van der Waals surface area contributed by atoms with E-state index in [0.29, 0.717) is 0 Å². The molecule has 1 heterocycles. The lowest BCUT2D eigenvalue weighted by Crippen LogP contribution is -2.13. The number of aromatic nitrogens is 1. The molecule has 0 unspecified atom stereocenters. The summed E-state index contributed by atoms with van der Waals surface area (Å²) in [5.74, 6) is 0.765. The van der Waals surface area contributed by atoms with Crippen LogP contribution in [0.4, 0.5) is 5.69 Å². The zero-order chi connectivity index (χ0) is 11.8. The van der Waals surface area contributed by atoms with Gasteiger partial charge in [-0.1, -0.05) is 26.7 Å². The standard InChI is InChI=1S/C13H23N3/c1-4-11(5-2)9-16-12-6-7-15-13(8-12)10-14-3/h6-8,11,14H,4-5,9-10H2,1-3H3,(H,15,16). The molecule has 0 radical (unpaired) electrons. The normalized spacial score (nSPS) is 10.8. The Morgan fingerprint density at radius 2 is 2.06 bits per heavy atom. The first-order valence-corrected chi connectivity index (χ1v) is 6.13. The van der Waals surface area contributed by atoms with Crippen LogP contribution in [-0.2, 0) is 6.54 Å². The average Bonchev–Trinajstić information content (AvgIpc) is 2.31. The number of hydrogen-bond acceptors (Lipinski definition) is 3. The first-order valence-electron chi connectivity index (χ1n) is 6.13. The van der Waals surface area contributed by atoms with Crippen LogP contribution < -0.4 is 10.6 Å². The summed E-state index contributed by atoms with van der Waals surface area (Å²) in [4.78, 5) is 4.29. The number of pyridine rings is 1. The van der Waals surface area contributed by atoms with E-state index < -0.39 is 0 Å². The van der Waals surface area contributed by atoms with Gasteiger partial charge in [-0.3, -0.25) is 4.98 Å². The lowest BCUT2D eigenvalue weighted by atomic mass is 10.0. The highest BCUT2D eigenvalue weighted by Crippen LogP contribution is 2.12. The van der Waals surface area contributed by atoms with Gasteiger partial charge in [0.25, 0.3) is 0 Å². The number of nitrogens with one attached hydrogen (secondary N) is 2. The van der Waals surface area contributed by atoms with Crippen LogP contribution in [0.25, 0.3) is 0 Å². The summed E-state index contributed by atoms with van der Waals surface area (Å²) in [5.41, 5.74) is 2.25. The molecule has 0 amide bonds.